The van der Waals surface area contributed by atoms with Gasteiger partial charge >= 0.3 is 0 Å². The first-order chi connectivity index (χ1) is 8.16. The molecule has 2 aliphatic rings. The Morgan fingerprint density at radius 2 is 1.88 bits per heavy atom. The molecule has 2 heteroatoms. The molecule has 92 valence electrons. The van der Waals surface area contributed by atoms with Crippen LogP contribution >= 0.6 is 11.6 Å². The van der Waals surface area contributed by atoms with Crippen LogP contribution < -0.4 is 0 Å². The molecule has 3 rings (SSSR count). The fraction of sp³-hybridized carbons (Fsp3) is 0.600. The van der Waals surface area contributed by atoms with Gasteiger partial charge in [-0.05, 0) is 55.8 Å². The lowest BCUT2D eigenvalue weighted by Crippen LogP contribution is -2.44. The highest BCUT2D eigenvalue weighted by Crippen LogP contribution is 2.45. The maximum absolute atomic E-state index is 5.97. The summed E-state index contributed by atoms with van der Waals surface area (Å²) < 4.78 is 0. The number of hydrogen-bond donors (Lipinski definition) is 0. The first-order valence-electron chi connectivity index (χ1n) is 6.64. The number of rotatable bonds is 1. The highest BCUT2D eigenvalue weighted by atomic mass is 35.5. The maximum atomic E-state index is 5.97. The van der Waals surface area contributed by atoms with Crippen LogP contribution in [0, 0.1) is 5.92 Å². The van der Waals surface area contributed by atoms with Crippen molar-refractivity contribution in [2.24, 2.45) is 5.92 Å². The molecule has 0 spiro atoms. The van der Waals surface area contributed by atoms with Gasteiger partial charge in [0.25, 0.3) is 0 Å². The van der Waals surface area contributed by atoms with E-state index in [0.717, 1.165) is 28.9 Å². The van der Waals surface area contributed by atoms with E-state index in [1.165, 1.54) is 24.8 Å². The lowest BCUT2D eigenvalue weighted by atomic mass is 9.77. The average Bonchev–Trinajstić information content (AvgIpc) is 2.58. The minimum absolute atomic E-state index is 0.723. The van der Waals surface area contributed by atoms with Crippen molar-refractivity contribution in [1.82, 2.24) is 4.90 Å². The van der Waals surface area contributed by atoms with Crippen LogP contribution in [0.15, 0.2) is 24.3 Å². The van der Waals surface area contributed by atoms with Gasteiger partial charge in [0, 0.05) is 17.1 Å². The predicted octanol–water partition coefficient (Wildman–Crippen LogP) is 3.93. The van der Waals surface area contributed by atoms with Crippen molar-refractivity contribution in [3.8, 4) is 0 Å². The molecule has 2 aliphatic heterocycles. The molecule has 0 radical (unpaired) electrons. The molecule has 1 aromatic rings. The number of halogens is 1. The van der Waals surface area contributed by atoms with E-state index in [-0.39, 0.29) is 0 Å². The summed E-state index contributed by atoms with van der Waals surface area (Å²) in [5, 5.41) is 0.845. The molecule has 0 saturated carbocycles. The van der Waals surface area contributed by atoms with Crippen molar-refractivity contribution in [3.05, 3.63) is 34.9 Å². The Morgan fingerprint density at radius 3 is 2.59 bits per heavy atom. The summed E-state index contributed by atoms with van der Waals surface area (Å²) in [6.45, 7) is 2.42. The molecule has 4 atom stereocenters. The molecule has 2 heterocycles. The predicted molar refractivity (Wildman–Crippen MR) is 72.5 cm³/mol. The Labute approximate surface area is 109 Å². The molecule has 0 amide bonds. The fourth-order valence-electron chi connectivity index (χ4n) is 3.88. The van der Waals surface area contributed by atoms with E-state index in [9.17, 15) is 0 Å². The topological polar surface area (TPSA) is 3.24 Å². The van der Waals surface area contributed by atoms with Crippen molar-refractivity contribution < 1.29 is 0 Å². The van der Waals surface area contributed by atoms with E-state index in [4.69, 9.17) is 11.6 Å². The van der Waals surface area contributed by atoms with Gasteiger partial charge in [-0.3, -0.25) is 0 Å². The van der Waals surface area contributed by atoms with Gasteiger partial charge < -0.3 is 4.90 Å². The van der Waals surface area contributed by atoms with E-state index in [1.54, 1.807) is 0 Å². The highest BCUT2D eigenvalue weighted by molar-refractivity contribution is 6.30. The zero-order chi connectivity index (χ0) is 12.0. The Hall–Kier alpha value is -0.530. The molecular weight excluding hydrogens is 230 g/mol. The molecule has 0 N–H and O–H groups in total. The smallest absolute Gasteiger partial charge is 0.0406 e. The SMILES string of the molecule is CC1C(c2ccc(Cl)cc2)CC2CCC1N2C. The number of piperidine rings is 1. The lowest BCUT2D eigenvalue weighted by molar-refractivity contribution is 0.110. The Morgan fingerprint density at radius 1 is 1.18 bits per heavy atom. The van der Waals surface area contributed by atoms with Gasteiger partial charge in [0.15, 0.2) is 0 Å². The molecule has 0 aliphatic carbocycles. The van der Waals surface area contributed by atoms with Gasteiger partial charge in [-0.15, -0.1) is 0 Å². The zero-order valence-electron chi connectivity index (χ0n) is 10.6. The van der Waals surface area contributed by atoms with Crippen LogP contribution in [0.3, 0.4) is 0 Å². The molecule has 0 aromatic heterocycles. The summed E-state index contributed by atoms with van der Waals surface area (Å²) in [5.41, 5.74) is 1.48. The number of nitrogens with zero attached hydrogens (tertiary/aromatic N) is 1. The molecule has 1 aromatic carbocycles. The second-order valence-electron chi connectivity index (χ2n) is 5.72. The van der Waals surface area contributed by atoms with E-state index >= 15 is 0 Å². The van der Waals surface area contributed by atoms with Gasteiger partial charge in [-0.25, -0.2) is 0 Å². The van der Waals surface area contributed by atoms with Crippen LogP contribution in [0.5, 0.6) is 0 Å². The summed E-state index contributed by atoms with van der Waals surface area (Å²) in [6.07, 6.45) is 4.08. The molecular formula is C15H20ClN. The zero-order valence-corrected chi connectivity index (χ0v) is 11.3. The van der Waals surface area contributed by atoms with Gasteiger partial charge in [0.1, 0.15) is 0 Å². The molecule has 17 heavy (non-hydrogen) atoms. The van der Waals surface area contributed by atoms with Crippen LogP contribution in [0.1, 0.15) is 37.7 Å². The van der Waals surface area contributed by atoms with E-state index < -0.39 is 0 Å². The molecule has 1 nitrogen and oxygen atoms in total. The second kappa shape index (κ2) is 4.29. The summed E-state index contributed by atoms with van der Waals surface area (Å²) in [7, 11) is 2.30. The Kier molecular flexibility index (Phi) is 2.92. The van der Waals surface area contributed by atoms with E-state index in [2.05, 4.69) is 31.0 Å². The van der Waals surface area contributed by atoms with E-state index in [0.29, 0.717) is 0 Å². The summed E-state index contributed by atoms with van der Waals surface area (Å²) >= 11 is 5.97. The molecule has 2 saturated heterocycles. The van der Waals surface area contributed by atoms with Crippen LogP contribution in [0.2, 0.25) is 5.02 Å². The number of benzene rings is 1. The minimum atomic E-state index is 0.723. The van der Waals surface area contributed by atoms with Crippen LogP contribution in [0.25, 0.3) is 0 Å². The number of hydrogen-bond acceptors (Lipinski definition) is 1. The fourth-order valence-corrected chi connectivity index (χ4v) is 4.01. The third kappa shape index (κ3) is 1.90. The van der Waals surface area contributed by atoms with Gasteiger partial charge in [-0.1, -0.05) is 30.7 Å². The second-order valence-corrected chi connectivity index (χ2v) is 6.15. The quantitative estimate of drug-likeness (QED) is 0.729. The van der Waals surface area contributed by atoms with Crippen molar-refractivity contribution in [3.63, 3.8) is 0 Å². The van der Waals surface area contributed by atoms with E-state index in [1.807, 2.05) is 12.1 Å². The summed E-state index contributed by atoms with van der Waals surface area (Å²) in [6, 6.07) is 10.1. The van der Waals surface area contributed by atoms with Gasteiger partial charge in [-0.2, -0.15) is 0 Å². The van der Waals surface area contributed by atoms with Crippen molar-refractivity contribution >= 4 is 11.6 Å². The van der Waals surface area contributed by atoms with Crippen LogP contribution in [-0.2, 0) is 0 Å². The largest absolute Gasteiger partial charge is 0.300 e. The van der Waals surface area contributed by atoms with Crippen molar-refractivity contribution in [2.45, 2.75) is 44.2 Å². The highest BCUT2D eigenvalue weighted by Gasteiger charge is 2.43. The van der Waals surface area contributed by atoms with Crippen LogP contribution in [-0.4, -0.2) is 24.0 Å². The first-order valence-corrected chi connectivity index (χ1v) is 7.02. The van der Waals surface area contributed by atoms with Gasteiger partial charge in [0.2, 0.25) is 0 Å². The molecule has 4 unspecified atom stereocenters. The van der Waals surface area contributed by atoms with Crippen molar-refractivity contribution in [2.75, 3.05) is 7.05 Å². The normalized spacial score (nSPS) is 37.4. The van der Waals surface area contributed by atoms with Crippen molar-refractivity contribution in [1.29, 1.82) is 0 Å². The monoisotopic (exact) mass is 249 g/mol. The van der Waals surface area contributed by atoms with Crippen LogP contribution in [0.4, 0.5) is 0 Å². The first kappa shape index (κ1) is 11.6. The maximum Gasteiger partial charge on any atom is 0.0406 e. The average molecular weight is 250 g/mol. The standard InChI is InChI=1S/C15H20ClN/c1-10-14(11-3-5-12(16)6-4-11)9-13-7-8-15(10)17(13)2/h3-6,10,13-15H,7-9H2,1-2H3. The van der Waals surface area contributed by atoms with Gasteiger partial charge in [0.05, 0.1) is 0 Å². The lowest BCUT2D eigenvalue weighted by Gasteiger charge is -2.41. The number of fused-ring (bicyclic) bond motifs is 2. The third-order valence-corrected chi connectivity index (χ3v) is 5.21. The Balaban J connectivity index is 1.87. The third-order valence-electron chi connectivity index (χ3n) is 4.96. The molecule has 2 fully saturated rings. The molecule has 2 bridgehead atoms. The summed E-state index contributed by atoms with van der Waals surface area (Å²) in [5.74, 6) is 1.49. The minimum Gasteiger partial charge on any atom is -0.300 e. The Bertz CT molecular complexity index is 400. The summed E-state index contributed by atoms with van der Waals surface area (Å²) in [4.78, 5) is 2.61.